The van der Waals surface area contributed by atoms with E-state index < -0.39 is 0 Å². The van der Waals surface area contributed by atoms with Crippen LogP contribution in [0.1, 0.15) is 33.0 Å². The molecular weight excluding hydrogens is 286 g/mol. The zero-order valence-electron chi connectivity index (χ0n) is 12.0. The Morgan fingerprint density at radius 1 is 1.43 bits per heavy atom. The molecule has 1 aliphatic heterocycles. The Morgan fingerprint density at radius 2 is 2.10 bits per heavy atom. The van der Waals surface area contributed by atoms with Gasteiger partial charge in [0.1, 0.15) is 0 Å². The number of piperidine rings is 1. The van der Waals surface area contributed by atoms with Crippen molar-refractivity contribution in [3.8, 4) is 11.8 Å². The van der Waals surface area contributed by atoms with E-state index in [4.69, 9.17) is 11.5 Å². The molecule has 2 amide bonds. The van der Waals surface area contributed by atoms with E-state index >= 15 is 0 Å². The van der Waals surface area contributed by atoms with E-state index in [1.165, 1.54) is 11.3 Å². The van der Waals surface area contributed by atoms with Gasteiger partial charge in [0.25, 0.3) is 5.91 Å². The summed E-state index contributed by atoms with van der Waals surface area (Å²) in [6.45, 7) is 3.40. The van der Waals surface area contributed by atoms with Crippen molar-refractivity contribution in [3.63, 3.8) is 0 Å². The monoisotopic (exact) mass is 305 g/mol. The molecule has 0 saturated carbocycles. The standard InChI is InChI=1S/C15H19N3O2S/c1-10-9-13(21-12(10)3-2-6-16)15(20)18-7-4-11(5-8-18)14(17)19/h9,11H,4-8,16H2,1H3,(H2,17,19). The van der Waals surface area contributed by atoms with Crippen LogP contribution in [0.5, 0.6) is 0 Å². The van der Waals surface area contributed by atoms with E-state index in [1.54, 1.807) is 4.90 Å². The van der Waals surface area contributed by atoms with Gasteiger partial charge in [-0.1, -0.05) is 11.8 Å². The summed E-state index contributed by atoms with van der Waals surface area (Å²) in [6, 6.07) is 1.87. The van der Waals surface area contributed by atoms with Gasteiger partial charge in [0.05, 0.1) is 16.3 Å². The van der Waals surface area contributed by atoms with Gasteiger partial charge in [0, 0.05) is 19.0 Å². The molecule has 0 aromatic carbocycles. The van der Waals surface area contributed by atoms with Gasteiger partial charge in [-0.15, -0.1) is 11.3 Å². The first-order valence-electron chi connectivity index (χ1n) is 6.91. The number of hydrogen-bond donors (Lipinski definition) is 2. The van der Waals surface area contributed by atoms with Gasteiger partial charge < -0.3 is 16.4 Å². The normalized spacial score (nSPS) is 15.4. The molecule has 1 aromatic heterocycles. The van der Waals surface area contributed by atoms with Crippen molar-refractivity contribution < 1.29 is 9.59 Å². The molecule has 2 heterocycles. The Balaban J connectivity index is 2.06. The van der Waals surface area contributed by atoms with Gasteiger partial charge in [0.2, 0.25) is 5.91 Å². The third-order valence-corrected chi connectivity index (χ3v) is 4.76. The lowest BCUT2D eigenvalue weighted by molar-refractivity contribution is -0.123. The fourth-order valence-corrected chi connectivity index (χ4v) is 3.38. The molecule has 1 fully saturated rings. The number of primary amides is 1. The number of nitrogens with two attached hydrogens (primary N) is 2. The Labute approximate surface area is 128 Å². The van der Waals surface area contributed by atoms with Crippen LogP contribution in [-0.2, 0) is 4.79 Å². The highest BCUT2D eigenvalue weighted by Gasteiger charge is 2.27. The van der Waals surface area contributed by atoms with Crippen molar-refractivity contribution in [1.82, 2.24) is 4.90 Å². The molecular formula is C15H19N3O2S. The smallest absolute Gasteiger partial charge is 0.263 e. The van der Waals surface area contributed by atoms with E-state index in [9.17, 15) is 9.59 Å². The van der Waals surface area contributed by atoms with Crippen LogP contribution in [0.4, 0.5) is 0 Å². The highest BCUT2D eigenvalue weighted by atomic mass is 32.1. The minimum absolute atomic E-state index is 0.00631. The third-order valence-electron chi connectivity index (χ3n) is 3.62. The number of nitrogens with zero attached hydrogens (tertiary/aromatic N) is 1. The van der Waals surface area contributed by atoms with E-state index in [0.29, 0.717) is 37.4 Å². The second-order valence-corrected chi connectivity index (χ2v) is 6.15. The number of amides is 2. The number of aryl methyl sites for hydroxylation is 1. The lowest BCUT2D eigenvalue weighted by atomic mass is 9.96. The molecule has 0 radical (unpaired) electrons. The first-order valence-corrected chi connectivity index (χ1v) is 7.72. The summed E-state index contributed by atoms with van der Waals surface area (Å²) in [5.41, 5.74) is 11.7. The second kappa shape index (κ2) is 6.74. The molecule has 21 heavy (non-hydrogen) atoms. The van der Waals surface area contributed by atoms with Crippen LogP contribution in [0.3, 0.4) is 0 Å². The number of likely N-dealkylation sites (tertiary alicyclic amines) is 1. The maximum atomic E-state index is 12.5. The van der Waals surface area contributed by atoms with Gasteiger partial charge >= 0.3 is 0 Å². The van der Waals surface area contributed by atoms with Gasteiger partial charge in [-0.3, -0.25) is 9.59 Å². The van der Waals surface area contributed by atoms with Crippen molar-refractivity contribution in [2.75, 3.05) is 19.6 Å². The summed E-state index contributed by atoms with van der Waals surface area (Å²) in [5.74, 6) is 5.42. The molecule has 4 N–H and O–H groups in total. The minimum Gasteiger partial charge on any atom is -0.369 e. The first kappa shape index (κ1) is 15.5. The Bertz CT molecular complexity index is 604. The van der Waals surface area contributed by atoms with Crippen LogP contribution in [0, 0.1) is 24.7 Å². The van der Waals surface area contributed by atoms with Crippen molar-refractivity contribution in [3.05, 3.63) is 21.4 Å². The molecule has 0 unspecified atom stereocenters. The van der Waals surface area contributed by atoms with Crippen LogP contribution < -0.4 is 11.5 Å². The topological polar surface area (TPSA) is 89.4 Å². The molecule has 2 rings (SSSR count). The Morgan fingerprint density at radius 3 is 2.67 bits per heavy atom. The molecule has 0 bridgehead atoms. The van der Waals surface area contributed by atoms with E-state index in [2.05, 4.69) is 11.8 Å². The Kier molecular flexibility index (Phi) is 4.99. The zero-order valence-corrected chi connectivity index (χ0v) is 12.8. The van der Waals surface area contributed by atoms with Crippen LogP contribution >= 0.6 is 11.3 Å². The molecule has 0 spiro atoms. The lowest BCUT2D eigenvalue weighted by Gasteiger charge is -2.30. The van der Waals surface area contributed by atoms with E-state index in [0.717, 1.165) is 10.4 Å². The summed E-state index contributed by atoms with van der Waals surface area (Å²) in [7, 11) is 0. The average molecular weight is 305 g/mol. The van der Waals surface area contributed by atoms with Crippen molar-refractivity contribution in [2.45, 2.75) is 19.8 Å². The highest BCUT2D eigenvalue weighted by molar-refractivity contribution is 7.14. The number of hydrogen-bond acceptors (Lipinski definition) is 4. The predicted octanol–water partition coefficient (Wildman–Crippen LogP) is 0.704. The third kappa shape index (κ3) is 3.63. The Hall–Kier alpha value is -1.84. The number of thiophene rings is 1. The number of rotatable bonds is 2. The fourth-order valence-electron chi connectivity index (χ4n) is 2.37. The number of carbonyl (C=O) groups excluding carboxylic acids is 2. The maximum Gasteiger partial charge on any atom is 0.263 e. The van der Waals surface area contributed by atoms with Crippen molar-refractivity contribution in [2.24, 2.45) is 17.4 Å². The van der Waals surface area contributed by atoms with E-state index in [1.807, 2.05) is 13.0 Å². The summed E-state index contributed by atoms with van der Waals surface area (Å²) < 4.78 is 0. The van der Waals surface area contributed by atoms with E-state index in [-0.39, 0.29) is 17.7 Å². The maximum absolute atomic E-state index is 12.5. The predicted molar refractivity (Wildman–Crippen MR) is 82.8 cm³/mol. The zero-order chi connectivity index (χ0) is 15.4. The van der Waals surface area contributed by atoms with Crippen LogP contribution in [0.2, 0.25) is 0 Å². The largest absolute Gasteiger partial charge is 0.369 e. The summed E-state index contributed by atoms with van der Waals surface area (Å²) in [4.78, 5) is 27.0. The van der Waals surface area contributed by atoms with Crippen molar-refractivity contribution in [1.29, 1.82) is 0 Å². The van der Waals surface area contributed by atoms with Crippen LogP contribution in [0.15, 0.2) is 6.07 Å². The molecule has 6 heteroatoms. The van der Waals surface area contributed by atoms with Gasteiger partial charge in [-0.2, -0.15) is 0 Å². The van der Waals surface area contributed by atoms with Gasteiger partial charge in [-0.05, 0) is 31.4 Å². The van der Waals surface area contributed by atoms with Gasteiger partial charge in [0.15, 0.2) is 0 Å². The SMILES string of the molecule is Cc1cc(C(=O)N2CCC(C(N)=O)CC2)sc1C#CCN. The molecule has 1 aromatic rings. The van der Waals surface area contributed by atoms with Crippen LogP contribution in [-0.4, -0.2) is 36.3 Å². The second-order valence-electron chi connectivity index (χ2n) is 5.10. The van der Waals surface area contributed by atoms with Gasteiger partial charge in [-0.25, -0.2) is 0 Å². The lowest BCUT2D eigenvalue weighted by Crippen LogP contribution is -2.41. The molecule has 1 aliphatic rings. The first-order chi connectivity index (χ1) is 10.0. The highest BCUT2D eigenvalue weighted by Crippen LogP contribution is 2.25. The quantitative estimate of drug-likeness (QED) is 0.788. The number of carbonyl (C=O) groups is 2. The summed E-state index contributed by atoms with van der Waals surface area (Å²) in [6.07, 6.45) is 1.29. The average Bonchev–Trinajstić information content (AvgIpc) is 2.85. The molecule has 1 saturated heterocycles. The minimum atomic E-state index is -0.270. The molecule has 0 atom stereocenters. The fraction of sp³-hybridized carbons (Fsp3) is 0.467. The summed E-state index contributed by atoms with van der Waals surface area (Å²) in [5, 5.41) is 0. The molecule has 112 valence electrons. The molecule has 0 aliphatic carbocycles. The van der Waals surface area contributed by atoms with Crippen LogP contribution in [0.25, 0.3) is 0 Å². The van der Waals surface area contributed by atoms with Crippen molar-refractivity contribution >= 4 is 23.2 Å². The molecule has 5 nitrogen and oxygen atoms in total. The summed E-state index contributed by atoms with van der Waals surface area (Å²) >= 11 is 1.40.